The zero-order valence-electron chi connectivity index (χ0n) is 12.2. The number of benzene rings is 1. The van der Waals surface area contributed by atoms with E-state index in [1.807, 2.05) is 13.8 Å². The van der Waals surface area contributed by atoms with Crippen LogP contribution in [0.15, 0.2) is 28.6 Å². The van der Waals surface area contributed by atoms with Gasteiger partial charge in [0.15, 0.2) is 4.21 Å². The van der Waals surface area contributed by atoms with Crippen molar-refractivity contribution in [2.24, 2.45) is 0 Å². The van der Waals surface area contributed by atoms with Gasteiger partial charge in [0, 0.05) is 0 Å². The fraction of sp³-hybridized carbons (Fsp3) is 0.286. The van der Waals surface area contributed by atoms with Crippen molar-refractivity contribution in [3.63, 3.8) is 0 Å². The molecule has 0 aliphatic rings. The summed E-state index contributed by atoms with van der Waals surface area (Å²) in [7, 11) is -3.76. The fourth-order valence-electron chi connectivity index (χ4n) is 1.89. The molecule has 1 aromatic heterocycles. The van der Waals surface area contributed by atoms with Crippen molar-refractivity contribution in [3.8, 4) is 0 Å². The molecule has 6 nitrogen and oxygen atoms in total. The molecule has 0 unspecified atom stereocenters. The minimum atomic E-state index is -3.76. The van der Waals surface area contributed by atoms with Crippen LogP contribution in [0.3, 0.4) is 0 Å². The van der Waals surface area contributed by atoms with E-state index in [-0.39, 0.29) is 15.5 Å². The van der Waals surface area contributed by atoms with E-state index in [9.17, 15) is 13.2 Å². The first-order chi connectivity index (χ1) is 10.4. The van der Waals surface area contributed by atoms with Crippen molar-refractivity contribution in [2.45, 2.75) is 30.9 Å². The first kappa shape index (κ1) is 16.4. The number of nitrogens with one attached hydrogen (secondary N) is 1. The highest BCUT2D eigenvalue weighted by atomic mass is 32.2. The molecule has 22 heavy (non-hydrogen) atoms. The third-order valence-electron chi connectivity index (χ3n) is 3.08. The Labute approximate surface area is 132 Å². The molecule has 1 aromatic carbocycles. The van der Waals surface area contributed by atoms with Crippen LogP contribution in [0, 0.1) is 0 Å². The lowest BCUT2D eigenvalue weighted by Gasteiger charge is -2.11. The van der Waals surface area contributed by atoms with Gasteiger partial charge < -0.3 is 5.11 Å². The summed E-state index contributed by atoms with van der Waals surface area (Å²) < 4.78 is 27.4. The van der Waals surface area contributed by atoms with Gasteiger partial charge in [-0.05, 0) is 30.5 Å². The predicted octanol–water partition coefficient (Wildman–Crippen LogP) is 2.77. The predicted molar refractivity (Wildman–Crippen MR) is 85.1 cm³/mol. The summed E-state index contributed by atoms with van der Waals surface area (Å²) in [5, 5.41) is 9.77. The lowest BCUT2D eigenvalue weighted by molar-refractivity contribution is 0.0697. The van der Waals surface area contributed by atoms with Crippen molar-refractivity contribution in [1.82, 2.24) is 4.98 Å². The van der Waals surface area contributed by atoms with E-state index in [4.69, 9.17) is 5.11 Å². The minimum absolute atomic E-state index is 0.0356. The number of carbonyl (C=O) groups is 1. The van der Waals surface area contributed by atoms with E-state index in [2.05, 4.69) is 9.71 Å². The van der Waals surface area contributed by atoms with Crippen molar-refractivity contribution in [1.29, 1.82) is 0 Å². The summed E-state index contributed by atoms with van der Waals surface area (Å²) in [6.45, 7) is 3.77. The van der Waals surface area contributed by atoms with E-state index >= 15 is 0 Å². The number of sulfonamides is 1. The van der Waals surface area contributed by atoms with E-state index in [0.29, 0.717) is 12.8 Å². The van der Waals surface area contributed by atoms with Crippen LogP contribution in [0.25, 0.3) is 0 Å². The van der Waals surface area contributed by atoms with Crippen LogP contribution in [0.4, 0.5) is 5.69 Å². The first-order valence-corrected chi connectivity index (χ1v) is 9.01. The molecule has 0 spiro atoms. The Bertz CT molecular complexity index is 797. The molecule has 0 amide bonds. The van der Waals surface area contributed by atoms with Crippen LogP contribution in [0.1, 0.15) is 34.8 Å². The normalized spacial score (nSPS) is 11.4. The quantitative estimate of drug-likeness (QED) is 0.843. The third-order valence-corrected chi connectivity index (χ3v) is 6.05. The van der Waals surface area contributed by atoms with Crippen LogP contribution < -0.4 is 4.72 Å². The average molecular weight is 340 g/mol. The van der Waals surface area contributed by atoms with Crippen LogP contribution in [-0.2, 0) is 22.9 Å². The van der Waals surface area contributed by atoms with E-state index in [0.717, 1.165) is 21.9 Å². The van der Waals surface area contributed by atoms with Gasteiger partial charge in [-0.25, -0.2) is 18.2 Å². The summed E-state index contributed by atoms with van der Waals surface area (Å²) in [6.07, 6.45) is 2.56. The maximum Gasteiger partial charge on any atom is 0.335 e. The van der Waals surface area contributed by atoms with Crippen LogP contribution >= 0.6 is 11.3 Å². The van der Waals surface area contributed by atoms with Gasteiger partial charge in [0.2, 0.25) is 0 Å². The van der Waals surface area contributed by atoms with Gasteiger partial charge in [0.1, 0.15) is 0 Å². The second kappa shape index (κ2) is 6.45. The zero-order chi connectivity index (χ0) is 16.3. The van der Waals surface area contributed by atoms with Gasteiger partial charge in [0.05, 0.1) is 22.5 Å². The molecule has 2 N–H and O–H groups in total. The summed E-state index contributed by atoms with van der Waals surface area (Å²) >= 11 is 1.11. The number of aromatic nitrogens is 1. The highest BCUT2D eigenvalue weighted by molar-refractivity contribution is 7.94. The number of hydrogen-bond donors (Lipinski definition) is 2. The number of rotatable bonds is 6. The van der Waals surface area contributed by atoms with Gasteiger partial charge in [-0.3, -0.25) is 4.72 Å². The molecule has 8 heteroatoms. The lowest BCUT2D eigenvalue weighted by Crippen LogP contribution is -2.13. The molecule has 0 atom stereocenters. The van der Waals surface area contributed by atoms with Gasteiger partial charge in [-0.1, -0.05) is 19.9 Å². The Morgan fingerprint density at radius 3 is 2.59 bits per heavy atom. The molecule has 0 radical (unpaired) electrons. The van der Waals surface area contributed by atoms with Crippen molar-refractivity contribution in [3.05, 3.63) is 40.5 Å². The van der Waals surface area contributed by atoms with Crippen molar-refractivity contribution in [2.75, 3.05) is 4.72 Å². The van der Waals surface area contributed by atoms with Gasteiger partial charge in [0.25, 0.3) is 10.0 Å². The van der Waals surface area contributed by atoms with Crippen molar-refractivity contribution >= 4 is 33.0 Å². The Morgan fingerprint density at radius 1 is 1.32 bits per heavy atom. The molecular formula is C14H16N2O4S2. The molecule has 0 aliphatic heterocycles. The standard InChI is InChI=1S/C14H16N2O4S2/c1-3-9-5-6-10(14(17)18)7-11(9)16-22(19,20)13-8-15-12(4-2)21-13/h5-8,16H,3-4H2,1-2H3,(H,17,18). The van der Waals surface area contributed by atoms with Crippen LogP contribution in [0.5, 0.6) is 0 Å². The molecule has 0 saturated heterocycles. The van der Waals surface area contributed by atoms with Crippen LogP contribution in [-0.4, -0.2) is 24.5 Å². The molecule has 0 bridgehead atoms. The number of aryl methyl sites for hydroxylation is 2. The molecule has 2 rings (SSSR count). The molecule has 0 aliphatic carbocycles. The number of carboxylic acids is 1. The molecule has 0 fully saturated rings. The topological polar surface area (TPSA) is 96.4 Å². The Hall–Kier alpha value is -1.93. The average Bonchev–Trinajstić information content (AvgIpc) is 2.96. The van der Waals surface area contributed by atoms with E-state index in [1.54, 1.807) is 6.07 Å². The second-order valence-corrected chi connectivity index (χ2v) is 7.59. The summed E-state index contributed by atoms with van der Waals surface area (Å²) in [5.41, 5.74) is 1.05. The molecule has 0 saturated carbocycles. The molecule has 2 aromatic rings. The Kier molecular flexibility index (Phi) is 4.82. The molecule has 1 heterocycles. The minimum Gasteiger partial charge on any atom is -0.478 e. The number of nitrogens with zero attached hydrogens (tertiary/aromatic N) is 1. The first-order valence-electron chi connectivity index (χ1n) is 6.71. The zero-order valence-corrected chi connectivity index (χ0v) is 13.8. The van der Waals surface area contributed by atoms with Gasteiger partial charge >= 0.3 is 5.97 Å². The second-order valence-electron chi connectivity index (χ2n) is 4.56. The van der Waals surface area contributed by atoms with Crippen LogP contribution in [0.2, 0.25) is 0 Å². The molecular weight excluding hydrogens is 324 g/mol. The smallest absolute Gasteiger partial charge is 0.335 e. The summed E-state index contributed by atoms with van der Waals surface area (Å²) in [4.78, 5) is 15.1. The number of anilines is 1. The van der Waals surface area contributed by atoms with Crippen molar-refractivity contribution < 1.29 is 18.3 Å². The lowest BCUT2D eigenvalue weighted by atomic mass is 10.1. The van der Waals surface area contributed by atoms with E-state index < -0.39 is 16.0 Å². The Morgan fingerprint density at radius 2 is 2.05 bits per heavy atom. The number of aromatic carboxylic acids is 1. The summed E-state index contributed by atoms with van der Waals surface area (Å²) in [5.74, 6) is -1.10. The van der Waals surface area contributed by atoms with Gasteiger partial charge in [-0.2, -0.15) is 0 Å². The number of carboxylic acid groups (broad SMARTS) is 1. The fourth-order valence-corrected chi connectivity index (χ4v) is 4.10. The maximum atomic E-state index is 12.4. The highest BCUT2D eigenvalue weighted by Crippen LogP contribution is 2.25. The third kappa shape index (κ3) is 3.45. The number of thiazole rings is 1. The Balaban J connectivity index is 2.39. The monoisotopic (exact) mass is 340 g/mol. The molecule has 118 valence electrons. The summed E-state index contributed by atoms with van der Waals surface area (Å²) in [6, 6.07) is 4.41. The highest BCUT2D eigenvalue weighted by Gasteiger charge is 2.19. The largest absolute Gasteiger partial charge is 0.478 e. The SMILES string of the molecule is CCc1ncc(S(=O)(=O)Nc2cc(C(=O)O)ccc2CC)s1. The van der Waals surface area contributed by atoms with E-state index in [1.165, 1.54) is 18.3 Å². The number of hydrogen-bond acceptors (Lipinski definition) is 5. The maximum absolute atomic E-state index is 12.4. The van der Waals surface area contributed by atoms with Gasteiger partial charge in [-0.15, -0.1) is 11.3 Å².